The lowest BCUT2D eigenvalue weighted by atomic mass is 9.97. The first-order chi connectivity index (χ1) is 14.7. The largest absolute Gasteiger partial charge is 0.435 e. The first kappa shape index (κ1) is 23.7. The van der Waals surface area contributed by atoms with E-state index in [1.807, 2.05) is 0 Å². The van der Waals surface area contributed by atoms with Gasteiger partial charge in [0.1, 0.15) is 10.6 Å². The minimum absolute atomic E-state index is 0.0125. The number of alkyl halides is 2. The van der Waals surface area contributed by atoms with Crippen molar-refractivity contribution in [1.29, 1.82) is 0 Å². The second-order valence-corrected chi connectivity index (χ2v) is 9.66. The molecule has 0 radical (unpaired) electrons. The molecule has 1 fully saturated rings. The van der Waals surface area contributed by atoms with Crippen molar-refractivity contribution >= 4 is 39.1 Å². The average Bonchev–Trinajstić information content (AvgIpc) is 2.71. The smallest absolute Gasteiger partial charge is 0.387 e. The zero-order valence-electron chi connectivity index (χ0n) is 16.2. The molecule has 1 saturated heterocycles. The van der Waals surface area contributed by atoms with Gasteiger partial charge in [-0.25, -0.2) is 8.42 Å². The summed E-state index contributed by atoms with van der Waals surface area (Å²) in [5.74, 6) is -0.583. The number of ether oxygens (including phenoxy) is 1. The molecule has 2 aromatic rings. The van der Waals surface area contributed by atoms with E-state index in [1.165, 1.54) is 28.6 Å². The van der Waals surface area contributed by atoms with Gasteiger partial charge in [-0.3, -0.25) is 4.79 Å². The highest BCUT2D eigenvalue weighted by atomic mass is 35.5. The van der Waals surface area contributed by atoms with Gasteiger partial charge in [-0.05, 0) is 42.7 Å². The molecule has 1 amide bonds. The first-order valence-corrected chi connectivity index (χ1v) is 11.6. The highest BCUT2D eigenvalue weighted by Crippen LogP contribution is 2.33. The van der Waals surface area contributed by atoms with Crippen molar-refractivity contribution < 1.29 is 26.7 Å². The van der Waals surface area contributed by atoms with E-state index in [0.29, 0.717) is 18.4 Å². The van der Waals surface area contributed by atoms with Crippen molar-refractivity contribution in [1.82, 2.24) is 9.62 Å². The van der Waals surface area contributed by atoms with Crippen LogP contribution in [0.5, 0.6) is 5.75 Å². The second-order valence-electron chi connectivity index (χ2n) is 6.97. The number of benzene rings is 2. The fourth-order valence-corrected chi connectivity index (χ4v) is 5.94. The molecule has 1 heterocycles. The van der Waals surface area contributed by atoms with E-state index in [4.69, 9.17) is 23.2 Å². The van der Waals surface area contributed by atoms with Gasteiger partial charge in [0.15, 0.2) is 0 Å². The second kappa shape index (κ2) is 10.1. The molecule has 11 heteroatoms. The SMILES string of the molecule is O=C(NCc1cccc(OC(F)F)c1)C1CCN(S(=O)(=O)c2c(Cl)cccc2Cl)CC1. The predicted octanol–water partition coefficient (Wildman–Crippen LogP) is 4.31. The number of sulfonamides is 1. The van der Waals surface area contributed by atoms with E-state index in [-0.39, 0.29) is 52.1 Å². The molecule has 0 saturated carbocycles. The van der Waals surface area contributed by atoms with Crippen molar-refractivity contribution in [3.8, 4) is 5.75 Å². The van der Waals surface area contributed by atoms with Crippen molar-refractivity contribution in [3.05, 3.63) is 58.1 Å². The zero-order chi connectivity index (χ0) is 22.6. The molecule has 0 bridgehead atoms. The molecular formula is C20H20Cl2F2N2O4S. The number of nitrogens with zero attached hydrogens (tertiary/aromatic N) is 1. The lowest BCUT2D eigenvalue weighted by molar-refractivity contribution is -0.126. The molecule has 1 N–H and O–H groups in total. The molecule has 0 aromatic heterocycles. The van der Waals surface area contributed by atoms with Gasteiger partial charge in [-0.1, -0.05) is 41.4 Å². The molecule has 1 aliphatic rings. The van der Waals surface area contributed by atoms with Crippen LogP contribution in [0.3, 0.4) is 0 Å². The molecule has 0 unspecified atom stereocenters. The summed E-state index contributed by atoms with van der Waals surface area (Å²) in [6, 6.07) is 10.6. The Labute approximate surface area is 189 Å². The summed E-state index contributed by atoms with van der Waals surface area (Å²) in [4.78, 5) is 12.4. The van der Waals surface area contributed by atoms with Crippen molar-refractivity contribution in [2.24, 2.45) is 5.92 Å². The van der Waals surface area contributed by atoms with Crippen LogP contribution in [0.1, 0.15) is 18.4 Å². The van der Waals surface area contributed by atoms with Gasteiger partial charge in [0, 0.05) is 25.6 Å². The Morgan fingerprint density at radius 2 is 1.74 bits per heavy atom. The van der Waals surface area contributed by atoms with E-state index in [0.717, 1.165) is 0 Å². The van der Waals surface area contributed by atoms with Gasteiger partial charge in [0.2, 0.25) is 15.9 Å². The summed E-state index contributed by atoms with van der Waals surface area (Å²) in [5.41, 5.74) is 0.611. The fourth-order valence-electron chi connectivity index (χ4n) is 3.38. The van der Waals surface area contributed by atoms with Crippen LogP contribution in [-0.2, 0) is 21.4 Å². The minimum Gasteiger partial charge on any atom is -0.435 e. The van der Waals surface area contributed by atoms with Gasteiger partial charge < -0.3 is 10.1 Å². The summed E-state index contributed by atoms with van der Waals surface area (Å²) >= 11 is 12.1. The van der Waals surface area contributed by atoms with Gasteiger partial charge in [-0.15, -0.1) is 0 Å². The summed E-state index contributed by atoms with van der Waals surface area (Å²) < 4.78 is 56.1. The van der Waals surface area contributed by atoms with Gasteiger partial charge in [-0.2, -0.15) is 13.1 Å². The van der Waals surface area contributed by atoms with Crippen LogP contribution in [0.4, 0.5) is 8.78 Å². The Morgan fingerprint density at radius 3 is 2.35 bits per heavy atom. The Hall–Kier alpha value is -1.94. The van der Waals surface area contributed by atoms with Crippen LogP contribution >= 0.6 is 23.2 Å². The monoisotopic (exact) mass is 492 g/mol. The van der Waals surface area contributed by atoms with Crippen LogP contribution < -0.4 is 10.1 Å². The lowest BCUT2D eigenvalue weighted by Gasteiger charge is -2.31. The van der Waals surface area contributed by atoms with Crippen LogP contribution in [0.25, 0.3) is 0 Å². The molecule has 3 rings (SSSR count). The molecule has 0 atom stereocenters. The number of halogens is 4. The molecule has 6 nitrogen and oxygen atoms in total. The number of carbonyl (C=O) groups is 1. The molecule has 2 aromatic carbocycles. The maximum Gasteiger partial charge on any atom is 0.387 e. The maximum atomic E-state index is 12.9. The highest BCUT2D eigenvalue weighted by Gasteiger charge is 2.34. The van der Waals surface area contributed by atoms with Crippen LogP contribution in [-0.4, -0.2) is 38.3 Å². The molecule has 168 valence electrons. The number of carbonyl (C=O) groups excluding carboxylic acids is 1. The standard InChI is InChI=1S/C20H20Cl2F2N2O4S/c21-16-5-2-6-17(22)18(16)31(28,29)26-9-7-14(8-10-26)19(27)25-12-13-3-1-4-15(11-13)30-20(23)24/h1-6,11,14,20H,7-10,12H2,(H,25,27). The van der Waals surface area contributed by atoms with E-state index < -0.39 is 16.6 Å². The van der Waals surface area contributed by atoms with Crippen molar-refractivity contribution in [2.75, 3.05) is 13.1 Å². The first-order valence-electron chi connectivity index (χ1n) is 9.44. The van der Waals surface area contributed by atoms with Crippen molar-refractivity contribution in [3.63, 3.8) is 0 Å². The molecule has 0 spiro atoms. The summed E-state index contributed by atoms with van der Waals surface area (Å²) in [5, 5.41) is 2.85. The number of hydrogen-bond acceptors (Lipinski definition) is 4. The number of nitrogens with one attached hydrogen (secondary N) is 1. The van der Waals surface area contributed by atoms with Gasteiger partial charge in [0.05, 0.1) is 10.0 Å². The number of hydrogen-bond donors (Lipinski definition) is 1. The summed E-state index contributed by atoms with van der Waals surface area (Å²) in [6.45, 7) is -2.47. The number of amides is 1. The predicted molar refractivity (Wildman–Crippen MR) is 113 cm³/mol. The van der Waals surface area contributed by atoms with Crippen molar-refractivity contribution in [2.45, 2.75) is 30.9 Å². The fraction of sp³-hybridized carbons (Fsp3) is 0.350. The molecule has 31 heavy (non-hydrogen) atoms. The molecule has 1 aliphatic heterocycles. The van der Waals surface area contributed by atoms with Gasteiger partial charge in [0.25, 0.3) is 0 Å². The average molecular weight is 493 g/mol. The maximum absolute atomic E-state index is 12.9. The Bertz CT molecular complexity index is 1020. The Kier molecular flexibility index (Phi) is 7.74. The third kappa shape index (κ3) is 5.85. The van der Waals surface area contributed by atoms with Crippen LogP contribution in [0.2, 0.25) is 10.0 Å². The van der Waals surface area contributed by atoms with Gasteiger partial charge >= 0.3 is 6.61 Å². The third-order valence-corrected chi connectivity index (χ3v) is 7.79. The Balaban J connectivity index is 1.57. The van der Waals surface area contributed by atoms with E-state index in [9.17, 15) is 22.0 Å². The minimum atomic E-state index is -3.88. The van der Waals surface area contributed by atoms with E-state index in [1.54, 1.807) is 18.2 Å². The number of rotatable bonds is 7. The lowest BCUT2D eigenvalue weighted by Crippen LogP contribution is -2.43. The topological polar surface area (TPSA) is 75.7 Å². The molecule has 0 aliphatic carbocycles. The Morgan fingerprint density at radius 1 is 1.13 bits per heavy atom. The van der Waals surface area contributed by atoms with E-state index >= 15 is 0 Å². The summed E-state index contributed by atoms with van der Waals surface area (Å²) in [7, 11) is -3.88. The summed E-state index contributed by atoms with van der Waals surface area (Å²) in [6.07, 6.45) is 0.670. The molecular weight excluding hydrogens is 473 g/mol. The zero-order valence-corrected chi connectivity index (χ0v) is 18.6. The van der Waals surface area contributed by atoms with E-state index in [2.05, 4.69) is 10.1 Å². The van der Waals surface area contributed by atoms with Crippen LogP contribution in [0.15, 0.2) is 47.4 Å². The quantitative estimate of drug-likeness (QED) is 0.624. The third-order valence-electron chi connectivity index (χ3n) is 4.93. The normalized spacial score (nSPS) is 15.8. The number of piperidine rings is 1. The highest BCUT2D eigenvalue weighted by molar-refractivity contribution is 7.89. The van der Waals surface area contributed by atoms with Crippen LogP contribution in [0, 0.1) is 5.92 Å².